The Balaban J connectivity index is 0.000000555. The van der Waals surface area contributed by atoms with E-state index < -0.39 is 70.2 Å². The maximum atomic E-state index is 13.7. The highest BCUT2D eigenvalue weighted by Crippen LogP contribution is 2.41. The number of nitrogen functional groups attached to an aromatic ring is 1. The van der Waals surface area contributed by atoms with E-state index in [0.717, 1.165) is 12.1 Å². The van der Waals surface area contributed by atoms with Crippen LogP contribution < -0.4 is 37.9 Å². The number of allylic oxidation sites excluding steroid dienone is 4. The number of ketones is 2. The number of para-hydroxylation sites is 1. The number of Topliss-reactive ketones (excluding diaryl/α,β-unsaturated/α-hetero) is 1. The number of carbonyl (C=O) groups excluding carboxylic acids is 2. The SMILES string of the molecule is Nc1c(N=Nc2ccc(-c3nc4ccc(N/N=C5\C=CC(NCC(=O)O)=CC5=O)cc4[nH]3)cc2)c(S(=O)(=O)O)cc2c1C(=O)/C(=N/Nc1ccccc1)C(S(=O)(=O)O)=C2.OCCNCCO.OCCNCCO.OCCNCCO. The molecule has 0 unspecified atom stereocenters. The summed E-state index contributed by atoms with van der Waals surface area (Å²) in [5.41, 5.74) is 12.3. The second kappa shape index (κ2) is 32.8. The van der Waals surface area contributed by atoms with E-state index in [9.17, 15) is 40.3 Å². The first-order valence-corrected chi connectivity index (χ1v) is 26.8. The summed E-state index contributed by atoms with van der Waals surface area (Å²) in [5, 5.41) is 84.7. The molecule has 2 aliphatic rings. The number of aromatic amines is 1. The fourth-order valence-electron chi connectivity index (χ4n) is 6.61. The molecule has 7 rings (SSSR count). The van der Waals surface area contributed by atoms with Crippen molar-refractivity contribution >= 4 is 94.7 Å². The molecular weight excluding hydrogens is 1090 g/mol. The van der Waals surface area contributed by atoms with Crippen molar-refractivity contribution in [3.8, 4) is 11.4 Å². The zero-order chi connectivity index (χ0) is 58.7. The Morgan fingerprint density at radius 2 is 1.24 bits per heavy atom. The van der Waals surface area contributed by atoms with Gasteiger partial charge in [-0.2, -0.15) is 32.2 Å². The first-order chi connectivity index (χ1) is 38.3. The average Bonchev–Trinajstić information content (AvgIpc) is 3.98. The van der Waals surface area contributed by atoms with Gasteiger partial charge < -0.3 is 67.7 Å². The third kappa shape index (κ3) is 20.3. The average molecular weight is 1150 g/mol. The summed E-state index contributed by atoms with van der Waals surface area (Å²) in [7, 11) is -10.2. The molecule has 80 heavy (non-hydrogen) atoms. The minimum Gasteiger partial charge on any atom is -0.480 e. The largest absolute Gasteiger partial charge is 0.480 e. The molecular formula is C49H61N13O16S2. The van der Waals surface area contributed by atoms with Crippen LogP contribution in [0, 0.1) is 0 Å². The summed E-state index contributed by atoms with van der Waals surface area (Å²) < 4.78 is 69.6. The number of H-pyrrole nitrogens is 1. The molecule has 4 aromatic carbocycles. The van der Waals surface area contributed by atoms with Crippen molar-refractivity contribution in [3.63, 3.8) is 0 Å². The van der Waals surface area contributed by atoms with Crippen LogP contribution in [0.15, 0.2) is 133 Å². The van der Waals surface area contributed by atoms with Crippen LogP contribution >= 0.6 is 0 Å². The summed E-state index contributed by atoms with van der Waals surface area (Å²) in [6.45, 7) is 3.91. The zero-order valence-corrected chi connectivity index (χ0v) is 44.2. The molecule has 0 saturated carbocycles. The van der Waals surface area contributed by atoms with Crippen LogP contribution in [0.5, 0.6) is 0 Å². The lowest BCUT2D eigenvalue weighted by Crippen LogP contribution is -2.28. The Labute approximate surface area is 458 Å². The number of hydrogen-bond donors (Lipinski definition) is 17. The highest BCUT2D eigenvalue weighted by molar-refractivity contribution is 7.91. The van der Waals surface area contributed by atoms with Crippen molar-refractivity contribution in [1.29, 1.82) is 0 Å². The molecule has 0 saturated heterocycles. The summed E-state index contributed by atoms with van der Waals surface area (Å²) in [6.07, 6.45) is 5.02. The highest BCUT2D eigenvalue weighted by atomic mass is 32.2. The number of aliphatic carboxylic acids is 1. The molecule has 29 nitrogen and oxygen atoms in total. The number of benzene rings is 4. The molecule has 0 fully saturated rings. The van der Waals surface area contributed by atoms with Gasteiger partial charge in [-0.05, 0) is 84.5 Å². The number of nitrogens with one attached hydrogen (secondary N) is 7. The van der Waals surface area contributed by atoms with Gasteiger partial charge in [0.2, 0.25) is 11.6 Å². The van der Waals surface area contributed by atoms with Crippen molar-refractivity contribution in [1.82, 2.24) is 31.2 Å². The Hall–Kier alpha value is -8.02. The van der Waals surface area contributed by atoms with Crippen molar-refractivity contribution in [2.24, 2.45) is 20.4 Å². The first kappa shape index (κ1) is 64.5. The molecule has 2 aliphatic carbocycles. The van der Waals surface area contributed by atoms with Gasteiger partial charge in [-0.3, -0.25) is 34.3 Å². The molecule has 0 aliphatic heterocycles. The fourth-order valence-corrected chi connectivity index (χ4v) is 7.94. The third-order valence-corrected chi connectivity index (χ3v) is 12.0. The number of carboxylic acid groups (broad SMARTS) is 1. The number of carbonyl (C=O) groups is 3. The van der Waals surface area contributed by atoms with Crippen molar-refractivity contribution < 1.29 is 76.1 Å². The zero-order valence-electron chi connectivity index (χ0n) is 42.5. The van der Waals surface area contributed by atoms with Gasteiger partial charge in [0.1, 0.15) is 33.6 Å². The van der Waals surface area contributed by atoms with Crippen LogP contribution in [0.1, 0.15) is 15.9 Å². The molecule has 0 atom stereocenters. The molecule has 18 N–H and O–H groups in total. The Morgan fingerprint density at radius 3 is 1.76 bits per heavy atom. The topological polar surface area (TPSA) is 478 Å². The molecule has 0 amide bonds. The monoisotopic (exact) mass is 1150 g/mol. The second-order valence-electron chi connectivity index (χ2n) is 16.1. The number of fused-ring (bicyclic) bond motifs is 2. The summed E-state index contributed by atoms with van der Waals surface area (Å²) >= 11 is 0. The summed E-state index contributed by atoms with van der Waals surface area (Å²) in [4.78, 5) is 42.8. The van der Waals surface area contributed by atoms with Gasteiger partial charge in [-0.1, -0.05) is 18.2 Å². The molecule has 0 bridgehead atoms. The maximum Gasteiger partial charge on any atom is 0.322 e. The van der Waals surface area contributed by atoms with Crippen LogP contribution in [-0.2, 0) is 29.8 Å². The van der Waals surface area contributed by atoms with Gasteiger partial charge in [0.25, 0.3) is 20.2 Å². The lowest BCUT2D eigenvalue weighted by molar-refractivity contribution is -0.135. The minimum absolute atomic E-state index is 0.104. The van der Waals surface area contributed by atoms with E-state index in [4.69, 9.17) is 41.5 Å². The van der Waals surface area contributed by atoms with Crippen molar-refractivity contribution in [3.05, 3.63) is 119 Å². The van der Waals surface area contributed by atoms with Crippen LogP contribution in [0.25, 0.3) is 28.5 Å². The predicted molar refractivity (Wildman–Crippen MR) is 298 cm³/mol. The molecule has 1 aromatic heterocycles. The fraction of sp³-hybridized carbons (Fsp3) is 0.265. The Bertz CT molecular complexity index is 3280. The number of rotatable bonds is 24. The quantitative estimate of drug-likeness (QED) is 0.00999. The number of carboxylic acids is 1. The lowest BCUT2D eigenvalue weighted by Gasteiger charge is -2.20. The van der Waals surface area contributed by atoms with E-state index in [1.165, 1.54) is 30.4 Å². The predicted octanol–water partition coefficient (Wildman–Crippen LogP) is 0.514. The third-order valence-electron chi connectivity index (χ3n) is 10.3. The summed E-state index contributed by atoms with van der Waals surface area (Å²) in [6, 6.07) is 20.4. The molecule has 1 heterocycles. The minimum atomic E-state index is -5.09. The van der Waals surface area contributed by atoms with Crippen LogP contribution in [0.2, 0.25) is 0 Å². The first-order valence-electron chi connectivity index (χ1n) is 23.9. The van der Waals surface area contributed by atoms with Crippen molar-refractivity contribution in [2.75, 3.05) is 102 Å². The number of aliphatic hydroxyl groups excluding tert-OH is 6. The smallest absolute Gasteiger partial charge is 0.322 e. The number of aromatic nitrogens is 2. The van der Waals surface area contributed by atoms with E-state index in [1.54, 1.807) is 60.7 Å². The lowest BCUT2D eigenvalue weighted by atomic mass is 9.92. The summed E-state index contributed by atoms with van der Waals surface area (Å²) in [5.74, 6) is -2.13. The van der Waals surface area contributed by atoms with E-state index in [1.807, 2.05) is 0 Å². The van der Waals surface area contributed by atoms with Gasteiger partial charge in [0, 0.05) is 56.6 Å². The van der Waals surface area contributed by atoms with E-state index in [-0.39, 0.29) is 63.1 Å². The number of azo groups is 1. The van der Waals surface area contributed by atoms with Gasteiger partial charge in [0.15, 0.2) is 5.71 Å². The van der Waals surface area contributed by atoms with Gasteiger partial charge >= 0.3 is 5.97 Å². The molecule has 0 spiro atoms. The standard InChI is InChI=1S/C37H28N10O10S2.3C4H11NO2/c38-33-32-20(15-30(59(55,56)57)35(36(32)51)47-42-21-4-2-1-3-5-21)14-29(58(52,53)54)34(33)46-43-22-8-6-19(7-9-22)37-40-25-12-11-24(16-27(25)41-37)44-45-26-13-10-23(17-28(26)48)39-18-31(49)50;3*6-3-1-5-2-4-7/h1-17,39,42,44H,18,38H2,(H,40,41)(H,49,50)(H,52,53,54)(H,55,56,57);3*5-7H,1-4H2/b45-26+,46-43?,47-35+;;;. The molecule has 31 heteroatoms. The van der Waals surface area contributed by atoms with E-state index >= 15 is 0 Å². The Morgan fingerprint density at radius 1 is 0.662 bits per heavy atom. The van der Waals surface area contributed by atoms with Crippen molar-refractivity contribution in [2.45, 2.75) is 4.90 Å². The van der Waals surface area contributed by atoms with Gasteiger partial charge in [0.05, 0.1) is 79.0 Å². The van der Waals surface area contributed by atoms with Gasteiger partial charge in [-0.25, -0.2) is 4.98 Å². The second-order valence-corrected chi connectivity index (χ2v) is 18.9. The van der Waals surface area contributed by atoms with Gasteiger partial charge in [-0.15, -0.1) is 5.11 Å². The van der Waals surface area contributed by atoms with Crippen LogP contribution in [-0.4, -0.2) is 186 Å². The number of hydrazone groups is 2. The van der Waals surface area contributed by atoms with E-state index in [2.05, 4.69) is 62.5 Å². The number of anilines is 3. The number of aliphatic hydroxyl groups is 6. The Kier molecular flexibility index (Phi) is 26.4. The number of hydrogen-bond acceptors (Lipinski definition) is 25. The van der Waals surface area contributed by atoms with Crippen LogP contribution in [0.4, 0.5) is 28.4 Å². The molecule has 5 aromatic rings. The van der Waals surface area contributed by atoms with E-state index in [0.29, 0.717) is 78.8 Å². The maximum absolute atomic E-state index is 13.7. The van der Waals surface area contributed by atoms with Crippen LogP contribution in [0.3, 0.4) is 0 Å². The molecule has 0 radical (unpaired) electrons. The normalized spacial score (nSPS) is 14.1. The highest BCUT2D eigenvalue weighted by Gasteiger charge is 2.37. The molecule has 430 valence electrons. The number of imidazole rings is 1. The number of nitrogens with two attached hydrogens (primary N) is 1. The number of nitrogens with zero attached hydrogens (tertiary/aromatic N) is 5.